The maximum absolute atomic E-state index is 9.08. The molecule has 0 saturated carbocycles. The minimum atomic E-state index is 0.0647. The molecule has 0 saturated heterocycles. The van der Waals surface area contributed by atoms with Gasteiger partial charge in [0.05, 0.1) is 25.7 Å². The number of hydrogen-bond donors (Lipinski definition) is 1. The van der Waals surface area contributed by atoms with Crippen molar-refractivity contribution in [3.63, 3.8) is 0 Å². The second-order valence-corrected chi connectivity index (χ2v) is 4.53. The molecule has 0 aliphatic carbocycles. The lowest BCUT2D eigenvalue weighted by Gasteiger charge is -2.11. The minimum Gasteiger partial charge on any atom is -0.489 e. The molecule has 1 aromatic carbocycles. The monoisotopic (exact) mass is 282 g/mol. The molecule has 1 aromatic rings. The van der Waals surface area contributed by atoms with Crippen molar-refractivity contribution in [2.45, 2.75) is 47.5 Å². The van der Waals surface area contributed by atoms with Crippen LogP contribution in [0.5, 0.6) is 11.5 Å². The summed E-state index contributed by atoms with van der Waals surface area (Å²) in [5, 5.41) is 9.08. The third kappa shape index (κ3) is 5.41. The Balaban J connectivity index is 0.000000829. The van der Waals surface area contributed by atoms with E-state index in [4.69, 9.17) is 14.6 Å². The zero-order chi connectivity index (χ0) is 15.5. The van der Waals surface area contributed by atoms with E-state index in [0.29, 0.717) is 19.1 Å². The maximum atomic E-state index is 9.08. The van der Waals surface area contributed by atoms with Gasteiger partial charge in [0.25, 0.3) is 0 Å². The molecule has 116 valence electrons. The van der Waals surface area contributed by atoms with Gasteiger partial charge in [-0.1, -0.05) is 47.6 Å². The molecule has 20 heavy (non-hydrogen) atoms. The van der Waals surface area contributed by atoms with Gasteiger partial charge in [0.1, 0.15) is 0 Å². The van der Waals surface area contributed by atoms with Crippen molar-refractivity contribution in [3.8, 4) is 11.5 Å². The Hall–Kier alpha value is -1.22. The summed E-state index contributed by atoms with van der Waals surface area (Å²) in [7, 11) is 0. The lowest BCUT2D eigenvalue weighted by Crippen LogP contribution is -2.20. The van der Waals surface area contributed by atoms with Gasteiger partial charge in [-0.25, -0.2) is 0 Å². The number of benzene rings is 1. The summed E-state index contributed by atoms with van der Waals surface area (Å²) in [6.45, 7) is 13.4. The summed E-state index contributed by atoms with van der Waals surface area (Å²) in [5.41, 5.74) is 1.24. The van der Waals surface area contributed by atoms with Crippen molar-refractivity contribution >= 4 is 0 Å². The molecule has 0 spiro atoms. The molecule has 1 N–H and O–H groups in total. The van der Waals surface area contributed by atoms with Crippen LogP contribution >= 0.6 is 0 Å². The molecule has 3 nitrogen and oxygen atoms in total. The van der Waals surface area contributed by atoms with Crippen LogP contribution in [0.25, 0.3) is 0 Å². The highest BCUT2D eigenvalue weighted by molar-refractivity contribution is 5.44. The molecule has 0 fully saturated rings. The number of fused-ring (bicyclic) bond motifs is 1. The van der Waals surface area contributed by atoms with Crippen molar-refractivity contribution < 1.29 is 14.6 Å². The van der Waals surface area contributed by atoms with E-state index in [-0.39, 0.29) is 12.5 Å². The SMILES string of the molecule is CC.CC.CC(C)c1ccc2c(c1)OCC(CO)CO2. The standard InChI is InChI=1S/C13H18O3.2C2H6/c1-9(2)11-3-4-12-13(5-11)16-8-10(6-14)7-15-12;2*1-2/h3-5,9-10,14H,6-8H2,1-2H3;2*1-2H3. The summed E-state index contributed by atoms with van der Waals surface area (Å²) in [4.78, 5) is 0. The van der Waals surface area contributed by atoms with Crippen molar-refractivity contribution in [3.05, 3.63) is 23.8 Å². The highest BCUT2D eigenvalue weighted by Gasteiger charge is 2.18. The second-order valence-electron chi connectivity index (χ2n) is 4.53. The highest BCUT2D eigenvalue weighted by Crippen LogP contribution is 2.33. The Morgan fingerprint density at radius 3 is 2.10 bits per heavy atom. The van der Waals surface area contributed by atoms with Crippen LogP contribution < -0.4 is 9.47 Å². The molecule has 2 rings (SSSR count). The molecule has 3 heteroatoms. The highest BCUT2D eigenvalue weighted by atomic mass is 16.5. The Bertz CT molecular complexity index is 361. The Morgan fingerprint density at radius 1 is 1.05 bits per heavy atom. The molecule has 1 heterocycles. The number of ether oxygens (including phenoxy) is 2. The van der Waals surface area contributed by atoms with Gasteiger partial charge in [0, 0.05) is 0 Å². The number of rotatable bonds is 2. The van der Waals surface area contributed by atoms with E-state index < -0.39 is 0 Å². The van der Waals surface area contributed by atoms with Crippen LogP contribution in [-0.4, -0.2) is 24.9 Å². The summed E-state index contributed by atoms with van der Waals surface area (Å²) < 4.78 is 11.3. The van der Waals surface area contributed by atoms with E-state index in [2.05, 4.69) is 19.9 Å². The largest absolute Gasteiger partial charge is 0.489 e. The summed E-state index contributed by atoms with van der Waals surface area (Å²) in [6.07, 6.45) is 0. The van der Waals surface area contributed by atoms with E-state index in [1.807, 2.05) is 39.8 Å². The zero-order valence-electron chi connectivity index (χ0n) is 13.8. The van der Waals surface area contributed by atoms with Crippen molar-refractivity contribution in [2.24, 2.45) is 5.92 Å². The van der Waals surface area contributed by atoms with Gasteiger partial charge in [-0.05, 0) is 23.6 Å². The topological polar surface area (TPSA) is 38.7 Å². The van der Waals surface area contributed by atoms with Crippen LogP contribution in [0.4, 0.5) is 0 Å². The average Bonchev–Trinajstić information content (AvgIpc) is 2.72. The van der Waals surface area contributed by atoms with Crippen molar-refractivity contribution in [2.75, 3.05) is 19.8 Å². The van der Waals surface area contributed by atoms with Crippen molar-refractivity contribution in [1.29, 1.82) is 0 Å². The van der Waals surface area contributed by atoms with Gasteiger partial charge in [-0.2, -0.15) is 0 Å². The smallest absolute Gasteiger partial charge is 0.161 e. The van der Waals surface area contributed by atoms with E-state index >= 15 is 0 Å². The predicted octanol–water partition coefficient (Wildman–Crippen LogP) is 4.24. The van der Waals surface area contributed by atoms with Gasteiger partial charge in [0.2, 0.25) is 0 Å². The molecule has 0 bridgehead atoms. The Kier molecular flexibility index (Phi) is 9.91. The maximum Gasteiger partial charge on any atom is 0.161 e. The fourth-order valence-corrected chi connectivity index (χ4v) is 1.68. The van der Waals surface area contributed by atoms with Crippen LogP contribution in [-0.2, 0) is 0 Å². The fraction of sp³-hybridized carbons (Fsp3) is 0.647. The second kappa shape index (κ2) is 10.6. The van der Waals surface area contributed by atoms with Crippen LogP contribution in [0.15, 0.2) is 18.2 Å². The van der Waals surface area contributed by atoms with Gasteiger partial charge in [-0.15, -0.1) is 0 Å². The van der Waals surface area contributed by atoms with Crippen LogP contribution in [0.2, 0.25) is 0 Å². The molecule has 1 atom stereocenters. The molecule has 0 amide bonds. The fourth-order valence-electron chi connectivity index (χ4n) is 1.68. The summed E-state index contributed by atoms with van der Waals surface area (Å²) in [5.74, 6) is 2.11. The van der Waals surface area contributed by atoms with E-state index in [9.17, 15) is 0 Å². The lowest BCUT2D eigenvalue weighted by molar-refractivity contribution is 0.137. The molecule has 1 aliphatic heterocycles. The average molecular weight is 282 g/mol. The molecular formula is C17H30O3. The predicted molar refractivity (Wildman–Crippen MR) is 84.8 cm³/mol. The van der Waals surface area contributed by atoms with Gasteiger partial charge in [0.15, 0.2) is 11.5 Å². The lowest BCUT2D eigenvalue weighted by atomic mass is 10.0. The van der Waals surface area contributed by atoms with E-state index in [1.54, 1.807) is 0 Å². The molecule has 0 radical (unpaired) electrons. The number of aliphatic hydroxyl groups excluding tert-OH is 1. The normalized spacial score (nSPS) is 16.3. The van der Waals surface area contributed by atoms with E-state index in [1.165, 1.54) is 5.56 Å². The molecule has 1 aliphatic rings. The number of hydrogen-bond acceptors (Lipinski definition) is 3. The quantitative estimate of drug-likeness (QED) is 0.881. The first-order valence-corrected chi connectivity index (χ1v) is 7.71. The van der Waals surface area contributed by atoms with Gasteiger partial charge >= 0.3 is 0 Å². The first-order valence-electron chi connectivity index (χ1n) is 7.71. The zero-order valence-corrected chi connectivity index (χ0v) is 13.8. The Labute approximate surface area is 123 Å². The first kappa shape index (κ1) is 18.8. The van der Waals surface area contributed by atoms with Crippen LogP contribution in [0.1, 0.15) is 53.0 Å². The minimum absolute atomic E-state index is 0.0647. The third-order valence-electron chi connectivity index (χ3n) is 2.84. The number of aliphatic hydroxyl groups is 1. The molecule has 1 unspecified atom stereocenters. The van der Waals surface area contributed by atoms with Crippen LogP contribution in [0, 0.1) is 5.92 Å². The third-order valence-corrected chi connectivity index (χ3v) is 2.84. The Morgan fingerprint density at radius 2 is 1.60 bits per heavy atom. The van der Waals surface area contributed by atoms with Gasteiger partial charge < -0.3 is 14.6 Å². The first-order chi connectivity index (χ1) is 9.70. The summed E-state index contributed by atoms with van der Waals surface area (Å²) >= 11 is 0. The summed E-state index contributed by atoms with van der Waals surface area (Å²) in [6, 6.07) is 6.04. The molecule has 0 aromatic heterocycles. The van der Waals surface area contributed by atoms with Crippen LogP contribution in [0.3, 0.4) is 0 Å². The van der Waals surface area contributed by atoms with Gasteiger partial charge in [-0.3, -0.25) is 0 Å². The van der Waals surface area contributed by atoms with E-state index in [0.717, 1.165) is 11.5 Å². The van der Waals surface area contributed by atoms with Crippen molar-refractivity contribution in [1.82, 2.24) is 0 Å². The molecular weight excluding hydrogens is 252 g/mol.